The topological polar surface area (TPSA) is 43.9 Å². The molecule has 0 atom stereocenters. The monoisotopic (exact) mass is 1090 g/mol. The Balaban J connectivity index is 0.000000257. The molecule has 0 amide bonds. The third-order valence-electron chi connectivity index (χ3n) is 12.4. The summed E-state index contributed by atoms with van der Waals surface area (Å²) in [6.07, 6.45) is 1.98. The van der Waals surface area contributed by atoms with Crippen LogP contribution < -0.4 is 5.19 Å². The summed E-state index contributed by atoms with van der Waals surface area (Å²) in [5, 5.41) is 3.15. The Morgan fingerprint density at radius 3 is 2.15 bits per heavy atom. The number of fused-ring (bicyclic) bond motifs is 4. The minimum absolute atomic E-state index is 0. The van der Waals surface area contributed by atoms with Gasteiger partial charge < -0.3 is 14.0 Å². The Labute approximate surface area is 414 Å². The smallest absolute Gasteiger partial charge is 0.129 e. The van der Waals surface area contributed by atoms with Crippen molar-refractivity contribution in [3.63, 3.8) is 0 Å². The van der Waals surface area contributed by atoms with Gasteiger partial charge in [0, 0.05) is 38.6 Å². The van der Waals surface area contributed by atoms with E-state index >= 15 is 4.39 Å². The second kappa shape index (κ2) is 19.0. The SMILES string of the molecule is Cc1cc(-c2ccc3c(c2)oc2c(-c4nc5ccc(F)cc5n4-c4c(-c5ccccc5)cccc4C(C)(C)C)[c-]ccc23)cc(C)c1F.[2H]C(C)(C)c1cc(-c2[c-]cccc2)ncc1[Si](C)(C)C.[Ir]. The Morgan fingerprint density at radius 1 is 0.735 bits per heavy atom. The first kappa shape index (κ1) is 46.8. The Morgan fingerprint density at radius 2 is 1.47 bits per heavy atom. The summed E-state index contributed by atoms with van der Waals surface area (Å²) >= 11 is 0. The Kier molecular flexibility index (Phi) is 13.1. The number of nitrogens with zero attached hydrogens (tertiary/aromatic N) is 3. The molecule has 10 rings (SSSR count). The molecule has 68 heavy (non-hydrogen) atoms. The molecule has 0 N–H and O–H groups in total. The first-order valence-electron chi connectivity index (χ1n) is 23.3. The third-order valence-corrected chi connectivity index (χ3v) is 14.4. The van der Waals surface area contributed by atoms with Crippen LogP contribution in [0.15, 0.2) is 150 Å². The van der Waals surface area contributed by atoms with Crippen molar-refractivity contribution in [2.75, 3.05) is 0 Å². The molecule has 0 bridgehead atoms. The van der Waals surface area contributed by atoms with Gasteiger partial charge in [0.1, 0.15) is 17.2 Å². The Hall–Kier alpha value is -6.31. The predicted molar refractivity (Wildman–Crippen MR) is 277 cm³/mol. The van der Waals surface area contributed by atoms with Gasteiger partial charge in [-0.3, -0.25) is 4.98 Å². The number of aromatic nitrogens is 3. The fourth-order valence-electron chi connectivity index (χ4n) is 9.05. The number of imidazole rings is 1. The maximum Gasteiger partial charge on any atom is 0.129 e. The van der Waals surface area contributed by atoms with E-state index in [0.717, 1.165) is 61.1 Å². The van der Waals surface area contributed by atoms with Gasteiger partial charge in [0.05, 0.1) is 36.2 Å². The molecule has 0 aliphatic heterocycles. The zero-order valence-electron chi connectivity index (χ0n) is 41.2. The van der Waals surface area contributed by atoms with Crippen LogP contribution in [0.5, 0.6) is 0 Å². The number of rotatable bonds is 7. The zero-order chi connectivity index (χ0) is 48.3. The number of pyridine rings is 1. The summed E-state index contributed by atoms with van der Waals surface area (Å²) in [5.74, 6) is -0.522. The van der Waals surface area contributed by atoms with Crippen molar-refractivity contribution in [1.82, 2.24) is 14.5 Å². The molecule has 10 aromatic rings. The average molecular weight is 1090 g/mol. The van der Waals surface area contributed by atoms with Gasteiger partial charge in [-0.05, 0) is 106 Å². The quantitative estimate of drug-likeness (QED) is 0.118. The van der Waals surface area contributed by atoms with Crippen molar-refractivity contribution in [3.8, 4) is 50.6 Å². The van der Waals surface area contributed by atoms with E-state index in [4.69, 9.17) is 10.8 Å². The van der Waals surface area contributed by atoms with Crippen LogP contribution in [0.1, 0.15) is 64.1 Å². The Bertz CT molecular complexity index is 3490. The molecule has 345 valence electrons. The van der Waals surface area contributed by atoms with Crippen LogP contribution in [0.2, 0.25) is 19.6 Å². The largest absolute Gasteiger partial charge is 0.501 e. The summed E-state index contributed by atoms with van der Waals surface area (Å²) in [6.45, 7) is 20.9. The van der Waals surface area contributed by atoms with Gasteiger partial charge in [0.2, 0.25) is 0 Å². The van der Waals surface area contributed by atoms with Gasteiger partial charge in [-0.15, -0.1) is 54.1 Å². The van der Waals surface area contributed by atoms with Gasteiger partial charge in [0.25, 0.3) is 0 Å². The zero-order valence-corrected chi connectivity index (χ0v) is 43.6. The second-order valence-electron chi connectivity index (χ2n) is 19.7. The minimum Gasteiger partial charge on any atom is -0.501 e. The first-order valence-corrected chi connectivity index (χ1v) is 26.3. The van der Waals surface area contributed by atoms with Crippen LogP contribution in [0.3, 0.4) is 0 Å². The van der Waals surface area contributed by atoms with Crippen LogP contribution in [0, 0.1) is 37.6 Å². The van der Waals surface area contributed by atoms with Crippen molar-refractivity contribution in [2.45, 2.75) is 79.4 Å². The van der Waals surface area contributed by atoms with E-state index in [1.165, 1.54) is 11.3 Å². The summed E-state index contributed by atoms with van der Waals surface area (Å²) in [6, 6.07) is 51.6. The van der Waals surface area contributed by atoms with E-state index in [-0.39, 0.29) is 37.2 Å². The van der Waals surface area contributed by atoms with Gasteiger partial charge in [-0.1, -0.05) is 138 Å². The molecule has 4 nitrogen and oxygen atoms in total. The van der Waals surface area contributed by atoms with Crippen LogP contribution in [0.25, 0.3) is 83.6 Å². The fourth-order valence-corrected chi connectivity index (χ4v) is 10.6. The number of halogens is 2. The first-order chi connectivity index (χ1) is 32.3. The number of para-hydroxylation sites is 1. The fraction of sp³-hybridized carbons (Fsp3) is 0.200. The number of hydrogen-bond acceptors (Lipinski definition) is 3. The molecule has 8 heteroatoms. The molecule has 0 spiro atoms. The summed E-state index contributed by atoms with van der Waals surface area (Å²) in [5.41, 5.74) is 13.3. The molecular formula is C60H55F2IrN3OSi-2. The molecule has 0 fully saturated rings. The predicted octanol–water partition coefficient (Wildman–Crippen LogP) is 16.1. The molecule has 1 radical (unpaired) electrons. The molecule has 0 saturated carbocycles. The molecule has 3 heterocycles. The van der Waals surface area contributed by atoms with Crippen molar-refractivity contribution in [2.24, 2.45) is 0 Å². The normalized spacial score (nSPS) is 12.2. The summed E-state index contributed by atoms with van der Waals surface area (Å²) in [4.78, 5) is 9.75. The standard InChI is InChI=1S/C43H33F2N2O.C17H22NSi.Ir/c1-25-21-29(22-26(2)39(25)45)28-17-19-32-33-14-9-15-34(41(33)48-38(32)23-28)42-46-36-20-18-30(44)24-37(36)47(42)40-31(27-11-7-6-8-12-27)13-10-16-35(40)43(3,4)5;1-13(2)15-11-16(14-9-7-6-8-10-14)18-12-17(15)19(3,4)5;/h6-14,16-24H,1-5H3;6-9,11-13H,1-5H3;/q2*-1;/i;13D;. The van der Waals surface area contributed by atoms with Gasteiger partial charge in [-0.2, -0.15) is 0 Å². The van der Waals surface area contributed by atoms with Crippen LogP contribution in [-0.2, 0) is 25.5 Å². The third kappa shape index (κ3) is 9.30. The van der Waals surface area contributed by atoms with E-state index in [0.29, 0.717) is 44.7 Å². The average Bonchev–Trinajstić information content (AvgIpc) is 3.88. The van der Waals surface area contributed by atoms with E-state index < -0.39 is 14.0 Å². The van der Waals surface area contributed by atoms with E-state index in [1.54, 1.807) is 26.0 Å². The maximum absolute atomic E-state index is 15.1. The molecule has 7 aromatic carbocycles. The second-order valence-corrected chi connectivity index (χ2v) is 24.7. The van der Waals surface area contributed by atoms with Crippen molar-refractivity contribution >= 4 is 46.2 Å². The number of furan rings is 1. The molecule has 0 aliphatic carbocycles. The van der Waals surface area contributed by atoms with Gasteiger partial charge >= 0.3 is 0 Å². The number of benzene rings is 7. The van der Waals surface area contributed by atoms with Gasteiger partial charge in [-0.25, -0.2) is 8.78 Å². The minimum atomic E-state index is -1.50. The van der Waals surface area contributed by atoms with Crippen molar-refractivity contribution < 1.29 is 34.7 Å². The molecule has 0 unspecified atom stereocenters. The molecule has 3 aromatic heterocycles. The van der Waals surface area contributed by atoms with Crippen LogP contribution in [-0.4, -0.2) is 22.6 Å². The number of aryl methyl sites for hydroxylation is 2. The van der Waals surface area contributed by atoms with Crippen LogP contribution >= 0.6 is 0 Å². The molecular weight excluding hydrogens is 1040 g/mol. The van der Waals surface area contributed by atoms with E-state index in [9.17, 15) is 4.39 Å². The maximum atomic E-state index is 15.1. The van der Waals surface area contributed by atoms with Crippen molar-refractivity contribution in [1.29, 1.82) is 0 Å². The summed E-state index contributed by atoms with van der Waals surface area (Å²) < 4.78 is 46.7. The van der Waals surface area contributed by atoms with Crippen molar-refractivity contribution in [3.05, 3.63) is 192 Å². The van der Waals surface area contributed by atoms with Crippen LogP contribution in [0.4, 0.5) is 8.78 Å². The summed E-state index contributed by atoms with van der Waals surface area (Å²) in [7, 11) is -1.50. The van der Waals surface area contributed by atoms with Gasteiger partial charge in [0.15, 0.2) is 0 Å². The van der Waals surface area contributed by atoms with E-state index in [1.807, 2.05) is 98.9 Å². The molecule has 0 aliphatic rings. The molecule has 0 saturated heterocycles. The number of hydrogen-bond donors (Lipinski definition) is 0. The van der Waals surface area contributed by atoms with E-state index in [2.05, 4.69) is 105 Å².